The van der Waals surface area contributed by atoms with Crippen molar-refractivity contribution >= 4 is 45.4 Å². The van der Waals surface area contributed by atoms with Gasteiger partial charge in [0.2, 0.25) is 0 Å². The second kappa shape index (κ2) is 8.69. The van der Waals surface area contributed by atoms with E-state index < -0.39 is 4.92 Å². The van der Waals surface area contributed by atoms with Crippen LogP contribution < -0.4 is 5.32 Å². The van der Waals surface area contributed by atoms with Gasteiger partial charge in [0.25, 0.3) is 5.69 Å². The third-order valence-electron chi connectivity index (χ3n) is 4.34. The lowest BCUT2D eigenvalue weighted by molar-refractivity contribution is -0.384. The van der Waals surface area contributed by atoms with E-state index in [0.29, 0.717) is 23.0 Å². The maximum absolute atomic E-state index is 11.0. The van der Waals surface area contributed by atoms with Gasteiger partial charge in [0.05, 0.1) is 10.6 Å². The summed E-state index contributed by atoms with van der Waals surface area (Å²) in [6.45, 7) is 6.83. The van der Waals surface area contributed by atoms with E-state index in [4.69, 9.17) is 28.2 Å². The first-order valence-corrected chi connectivity index (χ1v) is 10.6. The fourth-order valence-electron chi connectivity index (χ4n) is 2.93. The molecule has 2 aromatic carbocycles. The van der Waals surface area contributed by atoms with Gasteiger partial charge in [-0.05, 0) is 23.3 Å². The maximum atomic E-state index is 11.0. The summed E-state index contributed by atoms with van der Waals surface area (Å²) in [7, 11) is 0. The Kier molecular flexibility index (Phi) is 6.46. The van der Waals surface area contributed by atoms with Crippen LogP contribution in [0.15, 0.2) is 42.5 Å². The number of anilines is 1. The number of halogens is 2. The SMILES string of the molecule is CC(C)(C)c1nc(NCc2cccc([N+](=O)[O-])c2)sc1Cc1ccc(Cl)cc1Cl. The van der Waals surface area contributed by atoms with Crippen molar-refractivity contribution in [2.75, 3.05) is 5.32 Å². The molecule has 152 valence electrons. The van der Waals surface area contributed by atoms with Gasteiger partial charge in [0.15, 0.2) is 5.13 Å². The number of nitro groups is 1. The number of nitro benzene ring substituents is 1. The number of hydrogen-bond acceptors (Lipinski definition) is 5. The van der Waals surface area contributed by atoms with Gasteiger partial charge >= 0.3 is 0 Å². The largest absolute Gasteiger partial charge is 0.357 e. The van der Waals surface area contributed by atoms with E-state index in [1.165, 1.54) is 6.07 Å². The number of rotatable bonds is 6. The third kappa shape index (κ3) is 5.47. The Labute approximate surface area is 183 Å². The summed E-state index contributed by atoms with van der Waals surface area (Å²) >= 11 is 14.0. The Balaban J connectivity index is 1.83. The molecule has 0 radical (unpaired) electrons. The summed E-state index contributed by atoms with van der Waals surface area (Å²) in [4.78, 5) is 16.5. The summed E-state index contributed by atoms with van der Waals surface area (Å²) < 4.78 is 0. The van der Waals surface area contributed by atoms with Crippen LogP contribution >= 0.6 is 34.5 Å². The van der Waals surface area contributed by atoms with Crippen molar-refractivity contribution in [1.29, 1.82) is 0 Å². The van der Waals surface area contributed by atoms with Crippen LogP contribution in [0.5, 0.6) is 0 Å². The molecule has 5 nitrogen and oxygen atoms in total. The Hall–Kier alpha value is -2.15. The number of nitrogens with zero attached hydrogens (tertiary/aromatic N) is 2. The van der Waals surface area contributed by atoms with Crippen LogP contribution in [0.4, 0.5) is 10.8 Å². The number of nitrogens with one attached hydrogen (secondary N) is 1. The smallest absolute Gasteiger partial charge is 0.269 e. The fraction of sp³-hybridized carbons (Fsp3) is 0.286. The van der Waals surface area contributed by atoms with Crippen molar-refractivity contribution in [1.82, 2.24) is 4.98 Å². The molecule has 1 aromatic heterocycles. The lowest BCUT2D eigenvalue weighted by Crippen LogP contribution is -2.14. The number of hydrogen-bond donors (Lipinski definition) is 1. The monoisotopic (exact) mass is 449 g/mol. The van der Waals surface area contributed by atoms with Crippen LogP contribution in [-0.2, 0) is 18.4 Å². The number of benzene rings is 2. The highest BCUT2D eigenvalue weighted by atomic mass is 35.5. The lowest BCUT2D eigenvalue weighted by atomic mass is 9.90. The number of thiazole rings is 1. The van der Waals surface area contributed by atoms with Crippen LogP contribution in [0.3, 0.4) is 0 Å². The molecule has 1 N–H and O–H groups in total. The van der Waals surface area contributed by atoms with Crippen LogP contribution in [0.1, 0.15) is 42.5 Å². The molecule has 0 aliphatic rings. The van der Waals surface area contributed by atoms with Crippen molar-refractivity contribution < 1.29 is 4.92 Å². The Morgan fingerprint density at radius 1 is 1.17 bits per heavy atom. The van der Waals surface area contributed by atoms with Crippen LogP contribution in [0.2, 0.25) is 10.0 Å². The first kappa shape index (κ1) is 21.6. The van der Waals surface area contributed by atoms with E-state index in [2.05, 4.69) is 26.1 Å². The summed E-state index contributed by atoms with van der Waals surface area (Å²) in [6.07, 6.45) is 0.665. The van der Waals surface area contributed by atoms with E-state index in [1.807, 2.05) is 18.2 Å². The Bertz CT molecular complexity index is 1040. The van der Waals surface area contributed by atoms with Gasteiger partial charge in [-0.1, -0.05) is 62.2 Å². The molecule has 3 aromatic rings. The Morgan fingerprint density at radius 3 is 2.59 bits per heavy atom. The summed E-state index contributed by atoms with van der Waals surface area (Å²) in [6, 6.07) is 12.1. The maximum Gasteiger partial charge on any atom is 0.269 e. The molecule has 0 bridgehead atoms. The van der Waals surface area contributed by atoms with Crippen LogP contribution in [-0.4, -0.2) is 9.91 Å². The minimum atomic E-state index is -0.390. The molecule has 3 rings (SSSR count). The minimum Gasteiger partial charge on any atom is -0.357 e. The van der Waals surface area contributed by atoms with Gasteiger partial charge in [-0.2, -0.15) is 0 Å². The average Bonchev–Trinajstić information content (AvgIpc) is 3.06. The van der Waals surface area contributed by atoms with Crippen molar-refractivity contribution in [3.8, 4) is 0 Å². The quantitative estimate of drug-likeness (QED) is 0.329. The highest BCUT2D eigenvalue weighted by Gasteiger charge is 2.24. The molecule has 0 amide bonds. The molecule has 0 atom stereocenters. The highest BCUT2D eigenvalue weighted by molar-refractivity contribution is 7.15. The predicted molar refractivity (Wildman–Crippen MR) is 121 cm³/mol. The molecule has 0 spiro atoms. The Morgan fingerprint density at radius 2 is 1.93 bits per heavy atom. The minimum absolute atomic E-state index is 0.0805. The molecule has 1 heterocycles. The lowest BCUT2D eigenvalue weighted by Gasteiger charge is -2.17. The van der Waals surface area contributed by atoms with Crippen molar-refractivity contribution in [2.45, 2.75) is 39.2 Å². The number of aromatic nitrogens is 1. The topological polar surface area (TPSA) is 68.1 Å². The van der Waals surface area contributed by atoms with Crippen molar-refractivity contribution in [2.24, 2.45) is 0 Å². The zero-order chi connectivity index (χ0) is 21.2. The van der Waals surface area contributed by atoms with E-state index in [0.717, 1.165) is 26.8 Å². The molecule has 0 fully saturated rings. The first-order valence-electron chi connectivity index (χ1n) is 9.05. The van der Waals surface area contributed by atoms with Gasteiger partial charge in [0.1, 0.15) is 0 Å². The summed E-state index contributed by atoms with van der Waals surface area (Å²) in [5.74, 6) is 0. The van der Waals surface area contributed by atoms with Crippen LogP contribution in [0.25, 0.3) is 0 Å². The van der Waals surface area contributed by atoms with E-state index >= 15 is 0 Å². The van der Waals surface area contributed by atoms with Crippen molar-refractivity contribution in [3.63, 3.8) is 0 Å². The van der Waals surface area contributed by atoms with E-state index in [1.54, 1.807) is 29.5 Å². The molecule has 0 aliphatic heterocycles. The normalized spacial score (nSPS) is 11.5. The zero-order valence-corrected chi connectivity index (χ0v) is 18.7. The van der Waals surface area contributed by atoms with Crippen LogP contribution in [0, 0.1) is 10.1 Å². The van der Waals surface area contributed by atoms with Crippen molar-refractivity contribution in [3.05, 3.63) is 84.3 Å². The second-order valence-electron chi connectivity index (χ2n) is 7.73. The van der Waals surface area contributed by atoms with Gasteiger partial charge in [-0.25, -0.2) is 4.98 Å². The first-order chi connectivity index (χ1) is 13.6. The molecule has 8 heteroatoms. The van der Waals surface area contributed by atoms with Gasteiger partial charge in [0, 0.05) is 45.4 Å². The van der Waals surface area contributed by atoms with E-state index in [9.17, 15) is 10.1 Å². The fourth-order valence-corrected chi connectivity index (χ4v) is 4.59. The van der Waals surface area contributed by atoms with Gasteiger partial charge in [-0.15, -0.1) is 11.3 Å². The van der Waals surface area contributed by atoms with E-state index in [-0.39, 0.29) is 11.1 Å². The zero-order valence-electron chi connectivity index (χ0n) is 16.3. The van der Waals surface area contributed by atoms with Gasteiger partial charge < -0.3 is 5.32 Å². The average molecular weight is 450 g/mol. The predicted octanol–water partition coefficient (Wildman–Crippen LogP) is 6.86. The van der Waals surface area contributed by atoms with Gasteiger partial charge in [-0.3, -0.25) is 10.1 Å². The standard InChI is InChI=1S/C21H21Cl2N3O2S/c1-21(2,3)19-18(10-14-7-8-15(22)11-17(14)23)29-20(25-19)24-12-13-5-4-6-16(9-13)26(27)28/h4-9,11H,10,12H2,1-3H3,(H,24,25). The number of non-ortho nitro benzene ring substituents is 1. The molecule has 0 aliphatic carbocycles. The summed E-state index contributed by atoms with van der Waals surface area (Å²) in [5, 5.41) is 16.3. The molecular weight excluding hydrogens is 429 g/mol. The molecule has 0 saturated heterocycles. The molecule has 0 saturated carbocycles. The molecule has 0 unspecified atom stereocenters. The highest BCUT2D eigenvalue weighted by Crippen LogP contribution is 2.35. The summed E-state index contributed by atoms with van der Waals surface area (Å²) in [5.41, 5.74) is 2.78. The molecule has 29 heavy (non-hydrogen) atoms. The third-order valence-corrected chi connectivity index (χ3v) is 5.94. The second-order valence-corrected chi connectivity index (χ2v) is 9.66. The molecular formula is C21H21Cl2N3O2S.